The van der Waals surface area contributed by atoms with Crippen molar-refractivity contribution in [2.24, 2.45) is 0 Å². The number of hydrogen-bond donors (Lipinski definition) is 0. The quantitative estimate of drug-likeness (QED) is 0.628. The highest BCUT2D eigenvalue weighted by Gasteiger charge is 2.26. The number of rotatable bonds is 4. The lowest BCUT2D eigenvalue weighted by atomic mass is 10.1. The van der Waals surface area contributed by atoms with E-state index in [9.17, 15) is 19.3 Å². The third-order valence-corrected chi connectivity index (χ3v) is 3.89. The summed E-state index contributed by atoms with van der Waals surface area (Å²) in [6.45, 7) is 1.47. The fraction of sp³-hybridized carbons (Fsp3) is 0.500. The lowest BCUT2D eigenvalue weighted by molar-refractivity contribution is -0.384. The first-order chi connectivity index (χ1) is 9.90. The van der Waals surface area contributed by atoms with E-state index in [0.717, 1.165) is 37.6 Å². The Balaban J connectivity index is 2.15. The molecule has 0 N–H and O–H groups in total. The highest BCUT2D eigenvalue weighted by Crippen LogP contribution is 2.20. The number of likely N-dealkylation sites (N-methyl/N-ethyl adjacent to an activating group) is 2. The second kappa shape index (κ2) is 6.17. The Morgan fingerprint density at radius 1 is 1.57 bits per heavy atom. The Labute approximate surface area is 122 Å². The first-order valence-electron chi connectivity index (χ1n) is 6.80. The summed E-state index contributed by atoms with van der Waals surface area (Å²) >= 11 is 0. The van der Waals surface area contributed by atoms with Gasteiger partial charge in [0.05, 0.1) is 10.5 Å². The summed E-state index contributed by atoms with van der Waals surface area (Å²) in [5.74, 6) is -1.27. The standard InChI is InChI=1S/C14H18FN3O3/c1-16-7-3-4-11(16)9-17(2)14(19)12-8-10(18(20)21)5-6-13(12)15/h5-6,8,11H,3-4,7,9H2,1-2H3. The molecule has 6 nitrogen and oxygen atoms in total. The molecule has 2 rings (SSSR count). The second-order valence-electron chi connectivity index (χ2n) is 5.38. The van der Waals surface area contributed by atoms with Crippen molar-refractivity contribution < 1.29 is 14.1 Å². The molecule has 0 saturated carbocycles. The van der Waals surface area contributed by atoms with E-state index in [-0.39, 0.29) is 17.3 Å². The minimum Gasteiger partial charge on any atom is -0.340 e. The Hall–Kier alpha value is -2.02. The van der Waals surface area contributed by atoms with Crippen LogP contribution in [0.4, 0.5) is 10.1 Å². The predicted octanol–water partition coefficient (Wildman–Crippen LogP) is 1.90. The van der Waals surface area contributed by atoms with E-state index in [0.29, 0.717) is 6.54 Å². The summed E-state index contributed by atoms with van der Waals surface area (Å²) in [5.41, 5.74) is -0.543. The summed E-state index contributed by atoms with van der Waals surface area (Å²) in [7, 11) is 3.58. The van der Waals surface area contributed by atoms with Crippen LogP contribution in [0.5, 0.6) is 0 Å². The molecule has 1 aliphatic heterocycles. The molecule has 1 aromatic carbocycles. The van der Waals surface area contributed by atoms with Crippen molar-refractivity contribution in [1.29, 1.82) is 0 Å². The van der Waals surface area contributed by atoms with Crippen molar-refractivity contribution in [2.45, 2.75) is 18.9 Å². The van der Waals surface area contributed by atoms with Gasteiger partial charge >= 0.3 is 0 Å². The Morgan fingerprint density at radius 2 is 2.29 bits per heavy atom. The van der Waals surface area contributed by atoms with Crippen LogP contribution in [0.1, 0.15) is 23.2 Å². The van der Waals surface area contributed by atoms with Crippen LogP contribution >= 0.6 is 0 Å². The number of amides is 1. The summed E-state index contributed by atoms with van der Waals surface area (Å²) < 4.78 is 13.8. The van der Waals surface area contributed by atoms with Crippen LogP contribution in [0.15, 0.2) is 18.2 Å². The number of benzene rings is 1. The van der Waals surface area contributed by atoms with Gasteiger partial charge in [0.2, 0.25) is 0 Å². The monoisotopic (exact) mass is 295 g/mol. The summed E-state index contributed by atoms with van der Waals surface area (Å²) in [6.07, 6.45) is 2.07. The highest BCUT2D eigenvalue weighted by atomic mass is 19.1. The Morgan fingerprint density at radius 3 is 2.86 bits per heavy atom. The lowest BCUT2D eigenvalue weighted by Crippen LogP contribution is -2.39. The number of nitro benzene ring substituents is 1. The van der Waals surface area contributed by atoms with Crippen LogP contribution in [-0.2, 0) is 0 Å². The molecule has 0 radical (unpaired) electrons. The number of carbonyl (C=O) groups is 1. The number of nitrogens with zero attached hydrogens (tertiary/aromatic N) is 3. The minimum absolute atomic E-state index is 0.251. The first-order valence-corrected chi connectivity index (χ1v) is 6.80. The van der Waals surface area contributed by atoms with Gasteiger partial charge in [0.15, 0.2) is 0 Å². The van der Waals surface area contributed by atoms with E-state index < -0.39 is 16.6 Å². The van der Waals surface area contributed by atoms with Gasteiger partial charge in [-0.3, -0.25) is 14.9 Å². The van der Waals surface area contributed by atoms with Crippen molar-refractivity contribution in [2.75, 3.05) is 27.2 Å². The largest absolute Gasteiger partial charge is 0.340 e. The molecule has 0 aliphatic carbocycles. The van der Waals surface area contributed by atoms with Gasteiger partial charge in [0, 0.05) is 31.8 Å². The highest BCUT2D eigenvalue weighted by molar-refractivity contribution is 5.95. The second-order valence-corrected chi connectivity index (χ2v) is 5.38. The van der Waals surface area contributed by atoms with E-state index in [4.69, 9.17) is 0 Å². The maximum atomic E-state index is 13.8. The van der Waals surface area contributed by atoms with Crippen molar-refractivity contribution in [3.63, 3.8) is 0 Å². The molecule has 1 aromatic rings. The van der Waals surface area contributed by atoms with Crippen LogP contribution < -0.4 is 0 Å². The first kappa shape index (κ1) is 15.4. The minimum atomic E-state index is -0.739. The molecule has 1 heterocycles. The number of nitro groups is 1. The fourth-order valence-electron chi connectivity index (χ4n) is 2.61. The Kier molecular flexibility index (Phi) is 4.52. The van der Waals surface area contributed by atoms with Crippen LogP contribution in [0, 0.1) is 15.9 Å². The molecule has 0 spiro atoms. The van der Waals surface area contributed by atoms with E-state index in [1.165, 1.54) is 4.90 Å². The van der Waals surface area contributed by atoms with Crippen LogP contribution in [0.3, 0.4) is 0 Å². The molecule has 114 valence electrons. The van der Waals surface area contributed by atoms with Crippen molar-refractivity contribution >= 4 is 11.6 Å². The van der Waals surface area contributed by atoms with E-state index >= 15 is 0 Å². The molecular formula is C14H18FN3O3. The van der Waals surface area contributed by atoms with E-state index in [2.05, 4.69) is 4.90 Å². The maximum absolute atomic E-state index is 13.8. The number of carbonyl (C=O) groups excluding carboxylic acids is 1. The molecule has 0 aromatic heterocycles. The number of likely N-dealkylation sites (tertiary alicyclic amines) is 1. The average molecular weight is 295 g/mol. The van der Waals surface area contributed by atoms with Crippen molar-refractivity contribution in [1.82, 2.24) is 9.80 Å². The third-order valence-electron chi connectivity index (χ3n) is 3.89. The molecule has 7 heteroatoms. The smallest absolute Gasteiger partial charge is 0.270 e. The average Bonchev–Trinajstić information content (AvgIpc) is 2.83. The fourth-order valence-corrected chi connectivity index (χ4v) is 2.61. The van der Waals surface area contributed by atoms with Crippen LogP contribution in [0.25, 0.3) is 0 Å². The number of halogens is 1. The van der Waals surface area contributed by atoms with Gasteiger partial charge < -0.3 is 9.80 Å². The molecule has 1 fully saturated rings. The number of hydrogen-bond acceptors (Lipinski definition) is 4. The van der Waals surface area contributed by atoms with Gasteiger partial charge in [-0.2, -0.15) is 0 Å². The molecule has 1 amide bonds. The van der Waals surface area contributed by atoms with Crippen molar-refractivity contribution in [3.8, 4) is 0 Å². The predicted molar refractivity (Wildman–Crippen MR) is 75.7 cm³/mol. The van der Waals surface area contributed by atoms with Gasteiger partial charge in [0.1, 0.15) is 5.82 Å². The topological polar surface area (TPSA) is 66.7 Å². The Bertz CT molecular complexity index is 564. The third kappa shape index (κ3) is 3.36. The van der Waals surface area contributed by atoms with Gasteiger partial charge in [-0.05, 0) is 32.5 Å². The van der Waals surface area contributed by atoms with Gasteiger partial charge in [-0.25, -0.2) is 4.39 Å². The lowest BCUT2D eigenvalue weighted by Gasteiger charge is -2.26. The maximum Gasteiger partial charge on any atom is 0.270 e. The molecule has 1 saturated heterocycles. The molecule has 21 heavy (non-hydrogen) atoms. The molecule has 0 bridgehead atoms. The SMILES string of the molecule is CN(CC1CCCN1C)C(=O)c1cc([N+](=O)[O-])ccc1F. The normalized spacial score (nSPS) is 18.7. The molecular weight excluding hydrogens is 277 g/mol. The van der Waals surface area contributed by atoms with E-state index in [1.54, 1.807) is 7.05 Å². The zero-order valence-corrected chi connectivity index (χ0v) is 12.1. The summed E-state index contributed by atoms with van der Waals surface area (Å²) in [4.78, 5) is 26.0. The molecule has 1 aliphatic rings. The number of non-ortho nitro benzene ring substituents is 1. The molecule has 1 unspecified atom stereocenters. The summed E-state index contributed by atoms with van der Waals surface area (Å²) in [5, 5.41) is 10.7. The van der Waals surface area contributed by atoms with Gasteiger partial charge in [0.25, 0.3) is 11.6 Å². The zero-order chi connectivity index (χ0) is 15.6. The van der Waals surface area contributed by atoms with Crippen LogP contribution in [0.2, 0.25) is 0 Å². The zero-order valence-electron chi connectivity index (χ0n) is 12.1. The van der Waals surface area contributed by atoms with Gasteiger partial charge in [-0.1, -0.05) is 0 Å². The van der Waals surface area contributed by atoms with Crippen molar-refractivity contribution in [3.05, 3.63) is 39.7 Å². The van der Waals surface area contributed by atoms with E-state index in [1.807, 2.05) is 7.05 Å². The van der Waals surface area contributed by atoms with Gasteiger partial charge in [-0.15, -0.1) is 0 Å². The van der Waals surface area contributed by atoms with Crippen LogP contribution in [-0.4, -0.2) is 53.9 Å². The molecule has 1 atom stereocenters. The summed E-state index contributed by atoms with van der Waals surface area (Å²) in [6, 6.07) is 3.25.